The topological polar surface area (TPSA) is 0 Å². The van der Waals surface area contributed by atoms with Crippen molar-refractivity contribution in [3.8, 4) is 0 Å². The predicted octanol–water partition coefficient (Wildman–Crippen LogP) is 5.18. The van der Waals surface area contributed by atoms with E-state index in [2.05, 4.69) is 54.7 Å². The summed E-state index contributed by atoms with van der Waals surface area (Å²) in [7, 11) is 0. The molecule has 0 aromatic heterocycles. The van der Waals surface area contributed by atoms with Gasteiger partial charge in [0.25, 0.3) is 0 Å². The molecule has 0 radical (unpaired) electrons. The fourth-order valence-electron chi connectivity index (χ4n) is 1.65. The molecule has 1 aliphatic rings. The molecule has 0 heteroatoms. The zero-order valence-corrected chi connectivity index (χ0v) is 10.4. The van der Waals surface area contributed by atoms with Gasteiger partial charge in [0.15, 0.2) is 0 Å². The molecular formula is C16H20. The normalized spacial score (nSPS) is 12.9. The monoisotopic (exact) mass is 212 g/mol. The first-order valence-corrected chi connectivity index (χ1v) is 6.00. The average Bonchev–Trinajstić information content (AvgIpc) is 2.57. The third kappa shape index (κ3) is 3.23. The number of benzene rings is 1. The van der Waals surface area contributed by atoms with Crippen LogP contribution in [-0.2, 0) is 0 Å². The van der Waals surface area contributed by atoms with Crippen LogP contribution < -0.4 is 0 Å². The lowest BCUT2D eigenvalue weighted by Gasteiger charge is -2.01. The molecule has 2 rings (SSSR count). The molecule has 84 valence electrons. The first kappa shape index (κ1) is 12.5. The molecule has 16 heavy (non-hydrogen) atoms. The van der Waals surface area contributed by atoms with Crippen molar-refractivity contribution in [2.75, 3.05) is 0 Å². The molecule has 0 heterocycles. The molecule has 0 saturated carbocycles. The van der Waals surface area contributed by atoms with Gasteiger partial charge in [0.05, 0.1) is 0 Å². The van der Waals surface area contributed by atoms with E-state index in [1.54, 1.807) is 0 Å². The maximum atomic E-state index is 2.22. The quantitative estimate of drug-likeness (QED) is 0.602. The number of rotatable bonds is 1. The Morgan fingerprint density at radius 3 is 2.38 bits per heavy atom. The molecule has 0 unspecified atom stereocenters. The maximum Gasteiger partial charge on any atom is -0.0162 e. The summed E-state index contributed by atoms with van der Waals surface area (Å²) in [6.45, 7) is 6.04. The Bertz CT molecular complexity index is 406. The minimum absolute atomic E-state index is 1.04. The lowest BCUT2D eigenvalue weighted by atomic mass is 10.0. The summed E-state index contributed by atoms with van der Waals surface area (Å²) in [6.07, 6.45) is 14.0. The van der Waals surface area contributed by atoms with E-state index >= 15 is 0 Å². The third-order valence-electron chi connectivity index (χ3n) is 2.34. The second-order valence-electron chi connectivity index (χ2n) is 3.43. The van der Waals surface area contributed by atoms with Crippen LogP contribution in [-0.4, -0.2) is 0 Å². The molecule has 1 aromatic rings. The standard InChI is InChI=1S/C14H14.C2H6/c1-2-6-12-9-10-13-7-4-3-5-8-14(13)11-12;1-2/h2,4-11H,3H2,1H3;1-2H3/b6-2+;. The van der Waals surface area contributed by atoms with Crippen molar-refractivity contribution in [3.05, 3.63) is 53.1 Å². The molecule has 0 saturated heterocycles. The Labute approximate surface area is 99.0 Å². The van der Waals surface area contributed by atoms with Gasteiger partial charge in [0.2, 0.25) is 0 Å². The summed E-state index contributed by atoms with van der Waals surface area (Å²) >= 11 is 0. The molecule has 0 amide bonds. The highest BCUT2D eigenvalue weighted by Gasteiger charge is 1.98. The highest BCUT2D eigenvalue weighted by Crippen LogP contribution is 2.19. The fraction of sp³-hybridized carbons (Fsp3) is 0.250. The van der Waals surface area contributed by atoms with Crippen LogP contribution in [0.3, 0.4) is 0 Å². The molecule has 0 fully saturated rings. The second-order valence-corrected chi connectivity index (χ2v) is 3.43. The van der Waals surface area contributed by atoms with E-state index in [4.69, 9.17) is 0 Å². The van der Waals surface area contributed by atoms with Crippen molar-refractivity contribution in [1.29, 1.82) is 0 Å². The van der Waals surface area contributed by atoms with E-state index in [0.717, 1.165) is 6.42 Å². The highest BCUT2D eigenvalue weighted by molar-refractivity contribution is 5.70. The van der Waals surface area contributed by atoms with Gasteiger partial charge in [0.1, 0.15) is 0 Å². The van der Waals surface area contributed by atoms with Crippen LogP contribution in [0.5, 0.6) is 0 Å². The Kier molecular flexibility index (Phi) is 5.35. The predicted molar refractivity (Wildman–Crippen MR) is 75.2 cm³/mol. The number of hydrogen-bond acceptors (Lipinski definition) is 0. The van der Waals surface area contributed by atoms with E-state index in [1.165, 1.54) is 16.7 Å². The van der Waals surface area contributed by atoms with Gasteiger partial charge in [-0.3, -0.25) is 0 Å². The zero-order chi connectivity index (χ0) is 11.8. The summed E-state index contributed by atoms with van der Waals surface area (Å²) in [5.41, 5.74) is 3.90. The summed E-state index contributed by atoms with van der Waals surface area (Å²) in [6, 6.07) is 6.56. The Morgan fingerprint density at radius 1 is 1.00 bits per heavy atom. The van der Waals surface area contributed by atoms with Gasteiger partial charge in [0, 0.05) is 0 Å². The molecule has 0 bridgehead atoms. The van der Waals surface area contributed by atoms with Gasteiger partial charge >= 0.3 is 0 Å². The fourth-order valence-corrected chi connectivity index (χ4v) is 1.65. The number of allylic oxidation sites excluding steroid dienone is 3. The summed E-state index contributed by atoms with van der Waals surface area (Å²) in [5.74, 6) is 0. The molecular weight excluding hydrogens is 192 g/mol. The number of fused-ring (bicyclic) bond motifs is 1. The van der Waals surface area contributed by atoms with Gasteiger partial charge < -0.3 is 0 Å². The smallest absolute Gasteiger partial charge is 0.0162 e. The van der Waals surface area contributed by atoms with E-state index in [-0.39, 0.29) is 0 Å². The highest BCUT2D eigenvalue weighted by atomic mass is 14.0. The summed E-state index contributed by atoms with van der Waals surface area (Å²) in [5, 5.41) is 0. The first-order valence-electron chi connectivity index (χ1n) is 6.00. The molecule has 0 atom stereocenters. The molecule has 0 nitrogen and oxygen atoms in total. The Hall–Kier alpha value is -1.56. The van der Waals surface area contributed by atoms with Gasteiger partial charge in [-0.2, -0.15) is 0 Å². The van der Waals surface area contributed by atoms with Crippen molar-refractivity contribution in [2.45, 2.75) is 27.2 Å². The lowest BCUT2D eigenvalue weighted by Crippen LogP contribution is -1.81. The van der Waals surface area contributed by atoms with Crippen molar-refractivity contribution in [2.24, 2.45) is 0 Å². The van der Waals surface area contributed by atoms with Gasteiger partial charge in [-0.15, -0.1) is 0 Å². The summed E-state index contributed by atoms with van der Waals surface area (Å²) < 4.78 is 0. The lowest BCUT2D eigenvalue weighted by molar-refractivity contribution is 1.44. The molecule has 0 aliphatic heterocycles. The van der Waals surface area contributed by atoms with Crippen molar-refractivity contribution < 1.29 is 0 Å². The van der Waals surface area contributed by atoms with Crippen LogP contribution in [0, 0.1) is 0 Å². The second kappa shape index (κ2) is 6.84. The average molecular weight is 212 g/mol. The van der Waals surface area contributed by atoms with E-state index in [0.29, 0.717) is 0 Å². The first-order chi connectivity index (χ1) is 7.90. The van der Waals surface area contributed by atoms with Crippen molar-refractivity contribution in [1.82, 2.24) is 0 Å². The van der Waals surface area contributed by atoms with Gasteiger partial charge in [-0.1, -0.05) is 62.4 Å². The van der Waals surface area contributed by atoms with Crippen molar-refractivity contribution in [3.63, 3.8) is 0 Å². The minimum Gasteiger partial charge on any atom is -0.0871 e. The Balaban J connectivity index is 0.000000606. The van der Waals surface area contributed by atoms with Crippen LogP contribution in [0.4, 0.5) is 0 Å². The summed E-state index contributed by atoms with van der Waals surface area (Å²) in [4.78, 5) is 0. The molecule has 1 aliphatic carbocycles. The maximum absolute atomic E-state index is 2.22. The Morgan fingerprint density at radius 2 is 1.69 bits per heavy atom. The minimum atomic E-state index is 1.04. The van der Waals surface area contributed by atoms with Gasteiger partial charge in [-0.05, 0) is 36.1 Å². The third-order valence-corrected chi connectivity index (χ3v) is 2.34. The van der Waals surface area contributed by atoms with Crippen LogP contribution in [0.25, 0.3) is 18.2 Å². The largest absolute Gasteiger partial charge is 0.0871 e. The van der Waals surface area contributed by atoms with Crippen LogP contribution in [0.15, 0.2) is 36.4 Å². The SMILES string of the molecule is C/C=C/c1ccc2c(c1)C=CCC=C2.CC. The van der Waals surface area contributed by atoms with E-state index in [9.17, 15) is 0 Å². The van der Waals surface area contributed by atoms with E-state index < -0.39 is 0 Å². The van der Waals surface area contributed by atoms with Crippen LogP contribution in [0.1, 0.15) is 43.9 Å². The van der Waals surface area contributed by atoms with E-state index in [1.807, 2.05) is 20.8 Å². The number of hydrogen-bond donors (Lipinski definition) is 0. The van der Waals surface area contributed by atoms with Crippen LogP contribution in [0.2, 0.25) is 0 Å². The van der Waals surface area contributed by atoms with Gasteiger partial charge in [-0.25, -0.2) is 0 Å². The molecule has 1 aromatic carbocycles. The molecule has 0 N–H and O–H groups in total. The van der Waals surface area contributed by atoms with Crippen molar-refractivity contribution >= 4 is 18.2 Å². The zero-order valence-electron chi connectivity index (χ0n) is 10.4. The molecule has 0 spiro atoms. The van der Waals surface area contributed by atoms with Crippen LogP contribution >= 0.6 is 0 Å².